The molecule has 4 heteroatoms. The van der Waals surface area contributed by atoms with Crippen molar-refractivity contribution in [1.82, 2.24) is 4.90 Å². The average molecular weight is 323 g/mol. The zero-order valence-corrected chi connectivity index (χ0v) is 15.2. The standard InChI is InChI=1S/C18H36F3N/c1-6-9-10-12-16(22(5)8-3)13-11-15-17(4,14-7-2)18(19,20)21/h16H,6-15H2,1-5H3/t16-,17?/m0/s1. The molecule has 0 aromatic heterocycles. The monoisotopic (exact) mass is 323 g/mol. The van der Waals surface area contributed by atoms with E-state index < -0.39 is 11.6 Å². The number of rotatable bonds is 12. The van der Waals surface area contributed by atoms with Gasteiger partial charge in [-0.2, -0.15) is 13.2 Å². The maximum atomic E-state index is 13.3. The summed E-state index contributed by atoms with van der Waals surface area (Å²) in [4.78, 5) is 2.29. The van der Waals surface area contributed by atoms with E-state index in [1.54, 1.807) is 0 Å². The third-order valence-electron chi connectivity index (χ3n) is 5.02. The van der Waals surface area contributed by atoms with Crippen molar-refractivity contribution < 1.29 is 13.2 Å². The Morgan fingerprint density at radius 3 is 1.91 bits per heavy atom. The highest BCUT2D eigenvalue weighted by Crippen LogP contribution is 2.45. The summed E-state index contributed by atoms with van der Waals surface area (Å²) in [6, 6.07) is 0.427. The minimum atomic E-state index is -4.09. The highest BCUT2D eigenvalue weighted by atomic mass is 19.4. The lowest BCUT2D eigenvalue weighted by Gasteiger charge is -2.33. The number of hydrogen-bond acceptors (Lipinski definition) is 1. The van der Waals surface area contributed by atoms with Crippen LogP contribution in [0.25, 0.3) is 0 Å². The van der Waals surface area contributed by atoms with Crippen LogP contribution in [0.3, 0.4) is 0 Å². The lowest BCUT2D eigenvalue weighted by Crippen LogP contribution is -2.36. The van der Waals surface area contributed by atoms with Crippen LogP contribution in [0.1, 0.15) is 85.5 Å². The molecule has 0 aliphatic rings. The average Bonchev–Trinajstić information content (AvgIpc) is 2.44. The van der Waals surface area contributed by atoms with Crippen LogP contribution in [0.5, 0.6) is 0 Å². The smallest absolute Gasteiger partial charge is 0.304 e. The number of hydrogen-bond donors (Lipinski definition) is 0. The third kappa shape index (κ3) is 7.34. The summed E-state index contributed by atoms with van der Waals surface area (Å²) in [5, 5.41) is 0. The highest BCUT2D eigenvalue weighted by molar-refractivity contribution is 4.82. The van der Waals surface area contributed by atoms with Gasteiger partial charge >= 0.3 is 6.18 Å². The molecule has 0 aliphatic carbocycles. The van der Waals surface area contributed by atoms with E-state index in [2.05, 4.69) is 25.8 Å². The van der Waals surface area contributed by atoms with Crippen LogP contribution < -0.4 is 0 Å². The first-order valence-electron chi connectivity index (χ1n) is 8.98. The summed E-state index contributed by atoms with van der Waals surface area (Å²) in [6.45, 7) is 8.48. The lowest BCUT2D eigenvalue weighted by molar-refractivity contribution is -0.223. The molecule has 134 valence electrons. The van der Waals surface area contributed by atoms with Crippen molar-refractivity contribution >= 4 is 0 Å². The fraction of sp³-hybridized carbons (Fsp3) is 1.00. The Hall–Kier alpha value is -0.250. The fourth-order valence-corrected chi connectivity index (χ4v) is 3.16. The second kappa shape index (κ2) is 10.5. The van der Waals surface area contributed by atoms with Crippen LogP contribution in [-0.2, 0) is 0 Å². The molecule has 1 unspecified atom stereocenters. The van der Waals surface area contributed by atoms with E-state index in [0.29, 0.717) is 18.9 Å². The van der Waals surface area contributed by atoms with E-state index in [4.69, 9.17) is 0 Å². The zero-order chi connectivity index (χ0) is 17.2. The number of alkyl halides is 3. The summed E-state index contributed by atoms with van der Waals surface area (Å²) in [5.74, 6) is 0. The summed E-state index contributed by atoms with van der Waals surface area (Å²) < 4.78 is 39.8. The summed E-state index contributed by atoms with van der Waals surface area (Å²) >= 11 is 0. The van der Waals surface area contributed by atoms with Crippen molar-refractivity contribution in [2.45, 2.75) is 97.7 Å². The molecular weight excluding hydrogens is 287 g/mol. The lowest BCUT2D eigenvalue weighted by atomic mass is 9.79. The van der Waals surface area contributed by atoms with Crippen LogP contribution in [0.4, 0.5) is 13.2 Å². The molecule has 0 saturated carbocycles. The molecule has 0 spiro atoms. The molecule has 0 fully saturated rings. The Bertz CT molecular complexity index is 278. The van der Waals surface area contributed by atoms with Crippen molar-refractivity contribution in [1.29, 1.82) is 0 Å². The molecule has 0 saturated heterocycles. The highest BCUT2D eigenvalue weighted by Gasteiger charge is 2.49. The molecule has 0 aromatic rings. The van der Waals surface area contributed by atoms with Crippen molar-refractivity contribution in [2.24, 2.45) is 5.41 Å². The van der Waals surface area contributed by atoms with Gasteiger partial charge in [-0.05, 0) is 39.3 Å². The fourth-order valence-electron chi connectivity index (χ4n) is 3.16. The van der Waals surface area contributed by atoms with E-state index in [1.807, 2.05) is 6.92 Å². The Kier molecular flexibility index (Phi) is 10.4. The van der Waals surface area contributed by atoms with Gasteiger partial charge in [0, 0.05) is 6.04 Å². The predicted octanol–water partition coefficient (Wildman–Crippen LogP) is 6.43. The predicted molar refractivity (Wildman–Crippen MR) is 89.2 cm³/mol. The Balaban J connectivity index is 4.50. The second-order valence-corrected chi connectivity index (χ2v) is 6.92. The second-order valence-electron chi connectivity index (χ2n) is 6.92. The molecule has 0 aliphatic heterocycles. The molecule has 0 aromatic carbocycles. The van der Waals surface area contributed by atoms with E-state index >= 15 is 0 Å². The summed E-state index contributed by atoms with van der Waals surface area (Å²) in [7, 11) is 2.09. The Morgan fingerprint density at radius 2 is 1.45 bits per heavy atom. The van der Waals surface area contributed by atoms with Crippen LogP contribution in [-0.4, -0.2) is 30.7 Å². The van der Waals surface area contributed by atoms with Crippen LogP contribution in [0.15, 0.2) is 0 Å². The van der Waals surface area contributed by atoms with Gasteiger partial charge < -0.3 is 4.90 Å². The number of nitrogens with zero attached hydrogens (tertiary/aromatic N) is 1. The SMILES string of the molecule is CCCCC[C@@H](CCCC(C)(CCC)C(F)(F)F)N(C)CC. The molecule has 1 nitrogen and oxygen atoms in total. The van der Waals surface area contributed by atoms with Gasteiger partial charge in [0.15, 0.2) is 0 Å². The van der Waals surface area contributed by atoms with Gasteiger partial charge in [-0.25, -0.2) is 0 Å². The summed E-state index contributed by atoms with van der Waals surface area (Å²) in [5.41, 5.74) is -1.51. The minimum Gasteiger partial charge on any atom is -0.304 e. The van der Waals surface area contributed by atoms with Gasteiger partial charge in [0.2, 0.25) is 0 Å². The van der Waals surface area contributed by atoms with Gasteiger partial charge in [-0.3, -0.25) is 0 Å². The Labute approximate surface area is 135 Å². The maximum absolute atomic E-state index is 13.3. The minimum absolute atomic E-state index is 0.237. The molecule has 0 bridgehead atoms. The quantitative estimate of drug-likeness (QED) is 0.374. The van der Waals surface area contributed by atoms with Crippen molar-refractivity contribution in [3.05, 3.63) is 0 Å². The van der Waals surface area contributed by atoms with E-state index in [0.717, 1.165) is 19.4 Å². The number of unbranched alkanes of at least 4 members (excludes halogenated alkanes) is 2. The van der Waals surface area contributed by atoms with Crippen LogP contribution in [0, 0.1) is 5.41 Å². The third-order valence-corrected chi connectivity index (χ3v) is 5.02. The molecule has 2 atom stereocenters. The van der Waals surface area contributed by atoms with Crippen LogP contribution in [0.2, 0.25) is 0 Å². The first-order chi connectivity index (χ1) is 10.2. The van der Waals surface area contributed by atoms with E-state index in [1.165, 1.54) is 26.2 Å². The van der Waals surface area contributed by atoms with Crippen molar-refractivity contribution in [2.75, 3.05) is 13.6 Å². The van der Waals surface area contributed by atoms with Crippen molar-refractivity contribution in [3.8, 4) is 0 Å². The van der Waals surface area contributed by atoms with Gasteiger partial charge in [-0.15, -0.1) is 0 Å². The molecule has 0 amide bonds. The maximum Gasteiger partial charge on any atom is 0.394 e. The molecule has 22 heavy (non-hydrogen) atoms. The van der Waals surface area contributed by atoms with Crippen molar-refractivity contribution in [3.63, 3.8) is 0 Å². The molecule has 0 rings (SSSR count). The first-order valence-corrected chi connectivity index (χ1v) is 8.98. The first kappa shape index (κ1) is 21.8. The summed E-state index contributed by atoms with van der Waals surface area (Å²) in [6.07, 6.45) is 3.22. The van der Waals surface area contributed by atoms with E-state index in [9.17, 15) is 13.2 Å². The van der Waals surface area contributed by atoms with E-state index in [-0.39, 0.29) is 12.8 Å². The van der Waals surface area contributed by atoms with Gasteiger partial charge in [0.25, 0.3) is 0 Å². The van der Waals surface area contributed by atoms with Gasteiger partial charge in [-0.1, -0.05) is 59.8 Å². The van der Waals surface area contributed by atoms with Crippen LogP contribution >= 0.6 is 0 Å². The van der Waals surface area contributed by atoms with Gasteiger partial charge in [0.1, 0.15) is 0 Å². The Morgan fingerprint density at radius 1 is 0.864 bits per heavy atom. The molecule has 0 heterocycles. The topological polar surface area (TPSA) is 3.24 Å². The molecular formula is C18H36F3N. The zero-order valence-electron chi connectivity index (χ0n) is 15.2. The molecule has 0 radical (unpaired) electrons. The normalized spacial score (nSPS) is 16.8. The number of halogens is 3. The molecule has 0 N–H and O–H groups in total. The van der Waals surface area contributed by atoms with Gasteiger partial charge in [0.05, 0.1) is 5.41 Å². The largest absolute Gasteiger partial charge is 0.394 e.